The number of halogens is 2. The first kappa shape index (κ1) is 5.60. The van der Waals surface area contributed by atoms with Gasteiger partial charge < -0.3 is 0 Å². The van der Waals surface area contributed by atoms with Crippen LogP contribution in [0.4, 0.5) is 8.08 Å². The lowest BCUT2D eigenvalue weighted by atomic mass is 13.9. The second-order valence-electron chi connectivity index (χ2n) is 0.274. The Hall–Kier alpha value is 0.600. The molecule has 32 valence electrons. The van der Waals surface area contributed by atoms with Gasteiger partial charge in [0.2, 0.25) is 0 Å². The number of nitrogens with one attached hydrogen (secondary N) is 1. The molecule has 0 aromatic rings. The van der Waals surface area contributed by atoms with Crippen LogP contribution >= 0.6 is 21.4 Å². The highest BCUT2D eigenvalue weighted by atomic mass is 32.2. The van der Waals surface area contributed by atoms with E-state index in [-0.39, 0.29) is 12.3 Å². The summed E-state index contributed by atoms with van der Waals surface area (Å²) in [6.45, 7) is 0. The van der Waals surface area contributed by atoms with Crippen LogP contribution in [0.2, 0.25) is 0 Å². The lowest BCUT2D eigenvalue weighted by Crippen LogP contribution is -1.71. The smallest absolute Gasteiger partial charge is 0.151 e. The topological polar surface area (TPSA) is 12.0 Å². The maximum Gasteiger partial charge on any atom is 0.151 e. The molecule has 0 saturated carbocycles. The van der Waals surface area contributed by atoms with Crippen LogP contribution < -0.4 is 4.49 Å². The van der Waals surface area contributed by atoms with Crippen molar-refractivity contribution < 1.29 is 8.08 Å². The quantitative estimate of drug-likeness (QED) is 0.435. The number of hydrogen-bond donors (Lipinski definition) is 1. The van der Waals surface area contributed by atoms with Crippen LogP contribution in [-0.4, -0.2) is 0 Å². The Morgan fingerprint density at radius 3 is 2.40 bits per heavy atom. The molecule has 0 rings (SSSR count). The molecule has 0 amide bonds. The second kappa shape index (κ2) is 4.60. The molecule has 0 fully saturated rings. The standard InChI is InChI=1S/F2H2NPS/c1-4-3-5-2/h3-4H. The van der Waals surface area contributed by atoms with Crippen molar-refractivity contribution in [2.24, 2.45) is 0 Å². The molecule has 1 N–H and O–H groups in total. The van der Waals surface area contributed by atoms with Crippen LogP contribution in [0.5, 0.6) is 0 Å². The van der Waals surface area contributed by atoms with E-state index in [1.165, 1.54) is 0 Å². The molecule has 5 heteroatoms. The third-order valence-corrected chi connectivity index (χ3v) is 0.694. The summed E-state index contributed by atoms with van der Waals surface area (Å²) >= 11 is -0.211. The van der Waals surface area contributed by atoms with E-state index >= 15 is 0 Å². The van der Waals surface area contributed by atoms with Gasteiger partial charge in [0.05, 0.1) is 0 Å². The predicted octanol–water partition coefficient (Wildman–Crippen LogP) is 1.59. The molecule has 0 spiro atoms. The highest BCUT2D eigenvalue weighted by Gasteiger charge is 1.72. The van der Waals surface area contributed by atoms with Gasteiger partial charge in [-0.2, -0.15) is 4.49 Å². The minimum Gasteiger partial charge on any atom is -0.212 e. The molecule has 1 nitrogen and oxygen atoms in total. The van der Waals surface area contributed by atoms with Crippen molar-refractivity contribution in [2.45, 2.75) is 0 Å². The Bertz CT molecular complexity index is 17.1. The van der Waals surface area contributed by atoms with E-state index in [0.717, 1.165) is 0 Å². The Kier molecular flexibility index (Phi) is 5.15. The minimum atomic E-state index is -1.00. The van der Waals surface area contributed by atoms with Crippen LogP contribution in [0.15, 0.2) is 0 Å². The molecule has 5 heavy (non-hydrogen) atoms. The van der Waals surface area contributed by atoms with Gasteiger partial charge in [-0.05, 0) is 0 Å². The van der Waals surface area contributed by atoms with Crippen molar-refractivity contribution in [3.8, 4) is 0 Å². The Morgan fingerprint density at radius 2 is 2.40 bits per heavy atom. The van der Waals surface area contributed by atoms with E-state index < -0.39 is 9.04 Å². The van der Waals surface area contributed by atoms with Crippen LogP contribution in [0.3, 0.4) is 0 Å². The number of hydrogen-bond acceptors (Lipinski definition) is 2. The third kappa shape index (κ3) is 4.60. The van der Waals surface area contributed by atoms with Gasteiger partial charge in [-0.3, -0.25) is 0 Å². The fraction of sp³-hybridized carbons (Fsp3) is 0. The van der Waals surface area contributed by atoms with E-state index in [9.17, 15) is 8.08 Å². The van der Waals surface area contributed by atoms with E-state index in [2.05, 4.69) is 0 Å². The minimum absolute atomic E-state index is 0.211. The normalized spacial score (nSPS) is 10.8. The summed E-state index contributed by atoms with van der Waals surface area (Å²) in [6, 6.07) is 0. The molecule has 1 unspecified atom stereocenters. The first-order valence-corrected chi connectivity index (χ1v) is 2.39. The van der Waals surface area contributed by atoms with E-state index in [4.69, 9.17) is 0 Å². The third-order valence-electron chi connectivity index (χ3n) is 0.0772. The zero-order valence-corrected chi connectivity index (χ0v) is 3.98. The molecule has 0 bridgehead atoms. The zero-order chi connectivity index (χ0) is 4.12. The summed E-state index contributed by atoms with van der Waals surface area (Å²) in [5, 5.41) is 0. The van der Waals surface area contributed by atoms with Gasteiger partial charge in [-0.1, -0.05) is 0 Å². The molecule has 0 aliphatic rings. The van der Waals surface area contributed by atoms with Crippen LogP contribution in [0.25, 0.3) is 0 Å². The first-order valence-electron chi connectivity index (χ1n) is 0.797. The van der Waals surface area contributed by atoms with Crippen molar-refractivity contribution in [3.05, 3.63) is 0 Å². The van der Waals surface area contributed by atoms with Gasteiger partial charge in [0.1, 0.15) is 12.3 Å². The average molecular weight is 117 g/mol. The lowest BCUT2D eigenvalue weighted by molar-refractivity contribution is 0.897. The summed E-state index contributed by atoms with van der Waals surface area (Å²) in [5.41, 5.74) is 0. The Labute approximate surface area is 34.9 Å². The van der Waals surface area contributed by atoms with E-state index in [1.807, 2.05) is 0 Å². The molecule has 0 aliphatic heterocycles. The Morgan fingerprint density at radius 1 is 1.80 bits per heavy atom. The fourth-order valence-corrected chi connectivity index (χ4v) is 0.131. The van der Waals surface area contributed by atoms with Crippen molar-refractivity contribution in [1.82, 2.24) is 4.49 Å². The molecule has 1 atom stereocenters. The monoisotopic (exact) mass is 117 g/mol. The summed E-state index contributed by atoms with van der Waals surface area (Å²) in [6.07, 6.45) is 0. The van der Waals surface area contributed by atoms with Crippen molar-refractivity contribution in [2.75, 3.05) is 0 Å². The summed E-state index contributed by atoms with van der Waals surface area (Å²) in [5.74, 6) is 0. The average Bonchev–Trinajstić information content (AvgIpc) is 1.41. The van der Waals surface area contributed by atoms with Gasteiger partial charge in [0.15, 0.2) is 9.04 Å². The molecule has 0 saturated heterocycles. The molecular formula is H2F2NPS. The van der Waals surface area contributed by atoms with E-state index in [0.29, 0.717) is 0 Å². The predicted molar refractivity (Wildman–Crippen MR) is 21.3 cm³/mol. The van der Waals surface area contributed by atoms with Crippen molar-refractivity contribution in [1.29, 1.82) is 0 Å². The maximum atomic E-state index is 10.6. The van der Waals surface area contributed by atoms with Crippen molar-refractivity contribution in [3.63, 3.8) is 0 Å². The zero-order valence-electron chi connectivity index (χ0n) is 2.16. The largest absolute Gasteiger partial charge is 0.212 e. The molecule has 0 heterocycles. The van der Waals surface area contributed by atoms with Crippen molar-refractivity contribution >= 4 is 21.4 Å². The van der Waals surface area contributed by atoms with Gasteiger partial charge in [-0.25, -0.2) is 4.20 Å². The van der Waals surface area contributed by atoms with E-state index in [1.54, 1.807) is 4.49 Å². The molecule has 0 radical (unpaired) electrons. The highest BCUT2D eigenvalue weighted by molar-refractivity contribution is 7.95. The summed E-state index contributed by atoms with van der Waals surface area (Å²) in [4.78, 5) is 0. The van der Waals surface area contributed by atoms with Crippen LogP contribution in [-0.2, 0) is 0 Å². The Balaban J connectivity index is 2.19. The van der Waals surface area contributed by atoms with Gasteiger partial charge in [0.25, 0.3) is 0 Å². The SMILES string of the molecule is FPNSF. The molecular weight excluding hydrogens is 115 g/mol. The van der Waals surface area contributed by atoms with Crippen LogP contribution in [0, 0.1) is 0 Å². The first-order chi connectivity index (χ1) is 2.41. The maximum absolute atomic E-state index is 10.6. The van der Waals surface area contributed by atoms with Gasteiger partial charge in [-0.15, -0.1) is 3.89 Å². The number of rotatable bonds is 2. The van der Waals surface area contributed by atoms with Crippen LogP contribution in [0.1, 0.15) is 0 Å². The molecule has 0 aromatic heterocycles. The lowest BCUT2D eigenvalue weighted by Gasteiger charge is -1.76. The highest BCUT2D eigenvalue weighted by Crippen LogP contribution is 2.09. The second-order valence-corrected chi connectivity index (χ2v) is 1.43. The molecule has 0 aliphatic carbocycles. The van der Waals surface area contributed by atoms with Gasteiger partial charge >= 0.3 is 0 Å². The molecule has 0 aromatic carbocycles. The fourth-order valence-electron chi connectivity index (χ4n) is 0.0146. The summed E-state index contributed by atoms with van der Waals surface area (Å²) < 4.78 is 22.9. The van der Waals surface area contributed by atoms with Gasteiger partial charge in [0, 0.05) is 0 Å². The summed E-state index contributed by atoms with van der Waals surface area (Å²) in [7, 11) is -1.00.